The number of carbonyl (C=O) groups excluding carboxylic acids is 1. The maximum atomic E-state index is 12.3. The second-order valence-corrected chi connectivity index (χ2v) is 6.74. The SMILES string of the molecule is O=C(CC[C@H]1CCCO1)NC1(c2nccs2)CCCC1. The Labute approximate surface area is 123 Å². The number of thiazole rings is 1. The molecule has 1 atom stereocenters. The number of carbonyl (C=O) groups is 1. The van der Waals surface area contributed by atoms with Gasteiger partial charge < -0.3 is 10.1 Å². The minimum atomic E-state index is -0.193. The van der Waals surface area contributed by atoms with Crippen molar-refractivity contribution in [3.63, 3.8) is 0 Å². The van der Waals surface area contributed by atoms with E-state index < -0.39 is 0 Å². The minimum absolute atomic E-state index is 0.151. The number of hydrogen-bond acceptors (Lipinski definition) is 4. The first-order chi connectivity index (χ1) is 9.78. The third kappa shape index (κ3) is 3.04. The van der Waals surface area contributed by atoms with Gasteiger partial charge in [0.15, 0.2) is 0 Å². The van der Waals surface area contributed by atoms with Crippen LogP contribution < -0.4 is 5.32 Å². The van der Waals surface area contributed by atoms with E-state index in [4.69, 9.17) is 4.74 Å². The zero-order valence-corrected chi connectivity index (χ0v) is 12.6. The van der Waals surface area contributed by atoms with Crippen molar-refractivity contribution in [2.75, 3.05) is 6.61 Å². The molecular weight excluding hydrogens is 272 g/mol. The Bertz CT molecular complexity index is 435. The molecule has 5 heteroatoms. The van der Waals surface area contributed by atoms with Gasteiger partial charge >= 0.3 is 0 Å². The molecule has 1 saturated carbocycles. The van der Waals surface area contributed by atoms with Crippen molar-refractivity contribution >= 4 is 17.2 Å². The Balaban J connectivity index is 1.57. The van der Waals surface area contributed by atoms with Crippen LogP contribution >= 0.6 is 11.3 Å². The average Bonchev–Trinajstić information content (AvgIpc) is 3.18. The van der Waals surface area contributed by atoms with E-state index in [1.807, 2.05) is 11.6 Å². The normalized spacial score (nSPS) is 24.9. The van der Waals surface area contributed by atoms with Crippen LogP contribution in [-0.4, -0.2) is 23.6 Å². The van der Waals surface area contributed by atoms with Crippen LogP contribution in [0.15, 0.2) is 11.6 Å². The van der Waals surface area contributed by atoms with E-state index in [0.29, 0.717) is 12.5 Å². The van der Waals surface area contributed by atoms with Gasteiger partial charge in [0.25, 0.3) is 0 Å². The van der Waals surface area contributed by atoms with E-state index in [9.17, 15) is 4.79 Å². The highest BCUT2D eigenvalue weighted by Crippen LogP contribution is 2.39. The highest BCUT2D eigenvalue weighted by Gasteiger charge is 2.39. The largest absolute Gasteiger partial charge is 0.378 e. The average molecular weight is 294 g/mol. The van der Waals surface area contributed by atoms with Crippen molar-refractivity contribution in [3.8, 4) is 0 Å². The van der Waals surface area contributed by atoms with Crippen molar-refractivity contribution in [2.24, 2.45) is 0 Å². The van der Waals surface area contributed by atoms with Crippen molar-refractivity contribution in [1.82, 2.24) is 10.3 Å². The summed E-state index contributed by atoms with van der Waals surface area (Å²) < 4.78 is 5.58. The van der Waals surface area contributed by atoms with Gasteiger partial charge in [-0.3, -0.25) is 4.79 Å². The van der Waals surface area contributed by atoms with Crippen molar-refractivity contribution in [2.45, 2.75) is 63.0 Å². The summed E-state index contributed by atoms with van der Waals surface area (Å²) in [5, 5.41) is 6.34. The maximum Gasteiger partial charge on any atom is 0.220 e. The summed E-state index contributed by atoms with van der Waals surface area (Å²) in [4.78, 5) is 16.7. The number of nitrogens with one attached hydrogen (secondary N) is 1. The van der Waals surface area contributed by atoms with Crippen LogP contribution in [0.4, 0.5) is 0 Å². The molecule has 0 bridgehead atoms. The lowest BCUT2D eigenvalue weighted by molar-refractivity contribution is -0.123. The highest BCUT2D eigenvalue weighted by atomic mass is 32.1. The molecule has 20 heavy (non-hydrogen) atoms. The zero-order chi connectivity index (χ0) is 13.8. The molecule has 1 aromatic heterocycles. The summed E-state index contributed by atoms with van der Waals surface area (Å²) >= 11 is 1.65. The standard InChI is InChI=1S/C15H22N2O2S/c18-13(6-5-12-4-3-10-19-12)17-15(7-1-2-8-15)14-16-9-11-20-14/h9,11-12H,1-8,10H2,(H,17,18)/t12-/m1/s1. The molecule has 0 unspecified atom stereocenters. The number of aromatic nitrogens is 1. The fourth-order valence-corrected chi connectivity index (χ4v) is 4.18. The number of rotatable bonds is 5. The van der Waals surface area contributed by atoms with Gasteiger partial charge in [-0.2, -0.15) is 0 Å². The van der Waals surface area contributed by atoms with E-state index in [-0.39, 0.29) is 11.4 Å². The molecule has 1 N–H and O–H groups in total. The molecule has 4 nitrogen and oxygen atoms in total. The number of amides is 1. The molecule has 1 saturated heterocycles. The topological polar surface area (TPSA) is 51.2 Å². The summed E-state index contributed by atoms with van der Waals surface area (Å²) in [5.41, 5.74) is -0.193. The van der Waals surface area contributed by atoms with Crippen LogP contribution in [0.25, 0.3) is 0 Å². The van der Waals surface area contributed by atoms with Crippen LogP contribution in [0.3, 0.4) is 0 Å². The zero-order valence-electron chi connectivity index (χ0n) is 11.8. The van der Waals surface area contributed by atoms with Crippen LogP contribution in [0.2, 0.25) is 0 Å². The Kier molecular flexibility index (Phi) is 4.36. The molecule has 1 aromatic rings. The van der Waals surface area contributed by atoms with Gasteiger partial charge in [-0.05, 0) is 32.1 Å². The van der Waals surface area contributed by atoms with E-state index in [0.717, 1.165) is 43.7 Å². The fourth-order valence-electron chi connectivity index (χ4n) is 3.32. The van der Waals surface area contributed by atoms with E-state index in [2.05, 4.69) is 10.3 Å². The van der Waals surface area contributed by atoms with E-state index in [1.165, 1.54) is 12.8 Å². The first kappa shape index (κ1) is 14.0. The lowest BCUT2D eigenvalue weighted by Crippen LogP contribution is -2.43. The summed E-state index contributed by atoms with van der Waals surface area (Å²) in [7, 11) is 0. The Morgan fingerprint density at radius 2 is 2.30 bits per heavy atom. The van der Waals surface area contributed by atoms with Crippen LogP contribution in [0.5, 0.6) is 0 Å². The summed E-state index contributed by atoms with van der Waals surface area (Å²) in [6.45, 7) is 0.856. The number of ether oxygens (including phenoxy) is 1. The van der Waals surface area contributed by atoms with Gasteiger partial charge in [0.1, 0.15) is 5.01 Å². The third-order valence-corrected chi connectivity index (χ3v) is 5.37. The fraction of sp³-hybridized carbons (Fsp3) is 0.733. The van der Waals surface area contributed by atoms with Crippen molar-refractivity contribution in [3.05, 3.63) is 16.6 Å². The molecule has 1 aliphatic carbocycles. The molecule has 2 aliphatic rings. The lowest BCUT2D eigenvalue weighted by Gasteiger charge is -2.28. The first-order valence-electron chi connectivity index (χ1n) is 7.61. The molecule has 3 rings (SSSR count). The molecule has 0 aromatic carbocycles. The van der Waals surface area contributed by atoms with Crippen LogP contribution in [0, 0.1) is 0 Å². The Hall–Kier alpha value is -0.940. The predicted molar refractivity (Wildman–Crippen MR) is 78.6 cm³/mol. The molecule has 1 aliphatic heterocycles. The molecule has 0 radical (unpaired) electrons. The molecule has 2 fully saturated rings. The lowest BCUT2D eigenvalue weighted by atomic mass is 9.98. The molecular formula is C15H22N2O2S. The van der Waals surface area contributed by atoms with Gasteiger partial charge in [0.2, 0.25) is 5.91 Å². The second kappa shape index (κ2) is 6.22. The number of nitrogens with zero attached hydrogens (tertiary/aromatic N) is 1. The second-order valence-electron chi connectivity index (χ2n) is 5.85. The third-order valence-electron chi connectivity index (χ3n) is 4.39. The summed E-state index contributed by atoms with van der Waals surface area (Å²) in [6.07, 6.45) is 10.2. The highest BCUT2D eigenvalue weighted by molar-refractivity contribution is 7.09. The number of hydrogen-bond donors (Lipinski definition) is 1. The van der Waals surface area contributed by atoms with Gasteiger partial charge in [0, 0.05) is 24.6 Å². The molecule has 0 spiro atoms. The van der Waals surface area contributed by atoms with Crippen molar-refractivity contribution < 1.29 is 9.53 Å². The van der Waals surface area contributed by atoms with Crippen LogP contribution in [-0.2, 0) is 15.1 Å². The molecule has 2 heterocycles. The summed E-state index contributed by atoms with van der Waals surface area (Å²) in [6, 6.07) is 0. The van der Waals surface area contributed by atoms with Crippen molar-refractivity contribution in [1.29, 1.82) is 0 Å². The van der Waals surface area contributed by atoms with Gasteiger partial charge in [0.05, 0.1) is 11.6 Å². The van der Waals surface area contributed by atoms with Crippen LogP contribution in [0.1, 0.15) is 56.4 Å². The maximum absolute atomic E-state index is 12.3. The van der Waals surface area contributed by atoms with Gasteiger partial charge in [-0.15, -0.1) is 11.3 Å². The Morgan fingerprint density at radius 3 is 2.95 bits per heavy atom. The quantitative estimate of drug-likeness (QED) is 0.908. The minimum Gasteiger partial charge on any atom is -0.378 e. The smallest absolute Gasteiger partial charge is 0.220 e. The van der Waals surface area contributed by atoms with E-state index >= 15 is 0 Å². The molecule has 110 valence electrons. The van der Waals surface area contributed by atoms with Gasteiger partial charge in [-0.1, -0.05) is 12.8 Å². The predicted octanol–water partition coefficient (Wildman–Crippen LogP) is 2.99. The summed E-state index contributed by atoms with van der Waals surface area (Å²) in [5.74, 6) is 0.151. The molecule has 1 amide bonds. The van der Waals surface area contributed by atoms with E-state index in [1.54, 1.807) is 11.3 Å². The Morgan fingerprint density at radius 1 is 1.45 bits per heavy atom. The first-order valence-corrected chi connectivity index (χ1v) is 8.49. The van der Waals surface area contributed by atoms with Gasteiger partial charge in [-0.25, -0.2) is 4.98 Å². The monoisotopic (exact) mass is 294 g/mol.